The number of hydrogen-bond donors (Lipinski definition) is 1. The van der Waals surface area contributed by atoms with E-state index in [1.54, 1.807) is 19.1 Å². The molecule has 0 atom stereocenters. The lowest BCUT2D eigenvalue weighted by molar-refractivity contribution is -0.113. The monoisotopic (exact) mass is 437 g/mol. The third-order valence-electron chi connectivity index (χ3n) is 5.16. The van der Waals surface area contributed by atoms with E-state index in [4.69, 9.17) is 0 Å². The van der Waals surface area contributed by atoms with Crippen molar-refractivity contribution in [1.29, 1.82) is 0 Å². The third kappa shape index (κ3) is 5.52. The Hall–Kier alpha value is -3.13. The minimum absolute atomic E-state index is 0.188. The maximum Gasteiger partial charge on any atom is 0.234 e. The van der Waals surface area contributed by atoms with Crippen molar-refractivity contribution in [3.05, 3.63) is 72.3 Å². The second-order valence-corrected chi connectivity index (χ2v) is 8.32. The molecule has 0 spiro atoms. The summed E-state index contributed by atoms with van der Waals surface area (Å²) < 4.78 is 13.6. The molecule has 1 fully saturated rings. The molecule has 2 aromatic carbocycles. The number of anilines is 3. The van der Waals surface area contributed by atoms with Gasteiger partial charge in [-0.15, -0.1) is 0 Å². The quantitative estimate of drug-likeness (QED) is 0.465. The number of nitrogens with one attached hydrogen (secondary N) is 1. The van der Waals surface area contributed by atoms with Gasteiger partial charge in [-0.05, 0) is 36.8 Å². The van der Waals surface area contributed by atoms with Gasteiger partial charge in [-0.25, -0.2) is 14.4 Å². The molecule has 0 aliphatic carbocycles. The first-order valence-electron chi connectivity index (χ1n) is 10.1. The smallest absolute Gasteiger partial charge is 0.234 e. The van der Waals surface area contributed by atoms with Crippen LogP contribution in [0.2, 0.25) is 0 Å². The molecule has 1 N–H and O–H groups in total. The number of piperazine rings is 1. The minimum Gasteiger partial charge on any atom is -0.368 e. The molecule has 0 radical (unpaired) electrons. The Morgan fingerprint density at radius 2 is 1.77 bits per heavy atom. The van der Waals surface area contributed by atoms with Gasteiger partial charge in [0, 0.05) is 43.6 Å². The van der Waals surface area contributed by atoms with Crippen LogP contribution in [0.5, 0.6) is 0 Å². The molecule has 6 nitrogen and oxygen atoms in total. The summed E-state index contributed by atoms with van der Waals surface area (Å²) in [6, 6.07) is 17.0. The molecular weight excluding hydrogens is 413 g/mol. The first kappa shape index (κ1) is 21.1. The van der Waals surface area contributed by atoms with Gasteiger partial charge in [0.2, 0.25) is 5.91 Å². The zero-order chi connectivity index (χ0) is 21.6. The lowest BCUT2D eigenvalue weighted by Crippen LogP contribution is -2.46. The molecule has 1 aliphatic heterocycles. The van der Waals surface area contributed by atoms with Crippen LogP contribution in [0.4, 0.5) is 21.6 Å². The molecule has 2 heterocycles. The predicted octanol–water partition coefficient (Wildman–Crippen LogP) is 3.98. The zero-order valence-electron chi connectivity index (χ0n) is 17.3. The second kappa shape index (κ2) is 9.78. The van der Waals surface area contributed by atoms with Gasteiger partial charge in [0.15, 0.2) is 0 Å². The lowest BCUT2D eigenvalue weighted by atomic mass is 10.2. The Kier molecular flexibility index (Phi) is 6.66. The Morgan fingerprint density at radius 1 is 1.03 bits per heavy atom. The number of aryl methyl sites for hydroxylation is 1. The number of amides is 1. The molecule has 0 unspecified atom stereocenters. The van der Waals surface area contributed by atoms with E-state index in [1.165, 1.54) is 29.8 Å². The summed E-state index contributed by atoms with van der Waals surface area (Å²) in [6.45, 7) is 5.27. The lowest BCUT2D eigenvalue weighted by Gasteiger charge is -2.36. The Bertz CT molecular complexity index is 1040. The number of carbonyl (C=O) groups excluding carboxylic acids is 1. The molecule has 1 aromatic heterocycles. The molecule has 1 amide bonds. The summed E-state index contributed by atoms with van der Waals surface area (Å²) in [7, 11) is 0. The number of thioether (sulfide) groups is 1. The van der Waals surface area contributed by atoms with Crippen molar-refractivity contribution in [2.75, 3.05) is 47.0 Å². The van der Waals surface area contributed by atoms with E-state index in [2.05, 4.69) is 49.4 Å². The van der Waals surface area contributed by atoms with Gasteiger partial charge >= 0.3 is 0 Å². The minimum atomic E-state index is -0.335. The number of carbonyl (C=O) groups is 1. The highest BCUT2D eigenvalue weighted by atomic mass is 32.2. The number of rotatable bonds is 6. The van der Waals surface area contributed by atoms with E-state index in [9.17, 15) is 9.18 Å². The van der Waals surface area contributed by atoms with E-state index >= 15 is 0 Å². The van der Waals surface area contributed by atoms with E-state index in [1.807, 2.05) is 12.1 Å². The fourth-order valence-electron chi connectivity index (χ4n) is 3.42. The fraction of sp³-hybridized carbons (Fsp3) is 0.261. The van der Waals surface area contributed by atoms with Crippen LogP contribution < -0.4 is 15.1 Å². The summed E-state index contributed by atoms with van der Waals surface area (Å²) in [6.07, 6.45) is 1.54. The van der Waals surface area contributed by atoms with Gasteiger partial charge in [0.1, 0.15) is 23.0 Å². The summed E-state index contributed by atoms with van der Waals surface area (Å²) in [5, 5.41) is 3.46. The van der Waals surface area contributed by atoms with Crippen LogP contribution in [0.3, 0.4) is 0 Å². The van der Waals surface area contributed by atoms with Crippen molar-refractivity contribution >= 4 is 34.9 Å². The molecule has 3 aromatic rings. The highest BCUT2D eigenvalue weighted by Gasteiger charge is 2.19. The molecule has 0 bridgehead atoms. The van der Waals surface area contributed by atoms with Gasteiger partial charge < -0.3 is 15.1 Å². The number of benzene rings is 2. The molecule has 1 aliphatic rings. The van der Waals surface area contributed by atoms with Gasteiger partial charge in [0.05, 0.1) is 5.75 Å². The van der Waals surface area contributed by atoms with E-state index < -0.39 is 0 Å². The van der Waals surface area contributed by atoms with E-state index in [-0.39, 0.29) is 17.5 Å². The van der Waals surface area contributed by atoms with Crippen LogP contribution in [0, 0.1) is 12.7 Å². The SMILES string of the molecule is Cc1ccc(NC(=O)CSc2cc(N3CCN(c4ccccc4)CC3)ncn2)cc1F. The van der Waals surface area contributed by atoms with Crippen LogP contribution in [-0.4, -0.2) is 47.8 Å². The standard InChI is InChI=1S/C23H24FN5OS/c1-17-7-8-18(13-20(17)24)27-22(30)15-31-23-14-21(25-16-26-23)29-11-9-28(10-12-29)19-5-3-2-4-6-19/h2-8,13-14,16H,9-12,15H2,1H3,(H,27,30). The zero-order valence-corrected chi connectivity index (χ0v) is 18.1. The Balaban J connectivity index is 1.30. The number of aromatic nitrogens is 2. The topological polar surface area (TPSA) is 61.4 Å². The first-order valence-corrected chi connectivity index (χ1v) is 11.1. The summed E-state index contributed by atoms with van der Waals surface area (Å²) >= 11 is 1.34. The van der Waals surface area contributed by atoms with Crippen molar-refractivity contribution in [3.8, 4) is 0 Å². The highest BCUT2D eigenvalue weighted by Crippen LogP contribution is 2.23. The van der Waals surface area contributed by atoms with E-state index in [0.717, 1.165) is 37.0 Å². The van der Waals surface area contributed by atoms with Crippen LogP contribution in [0.15, 0.2) is 66.0 Å². The highest BCUT2D eigenvalue weighted by molar-refractivity contribution is 7.99. The Morgan fingerprint density at radius 3 is 2.52 bits per heavy atom. The van der Waals surface area contributed by atoms with E-state index in [0.29, 0.717) is 11.3 Å². The molecule has 8 heteroatoms. The van der Waals surface area contributed by atoms with Crippen molar-refractivity contribution in [2.24, 2.45) is 0 Å². The van der Waals surface area contributed by atoms with Crippen LogP contribution in [0.25, 0.3) is 0 Å². The second-order valence-electron chi connectivity index (χ2n) is 7.32. The number of hydrogen-bond acceptors (Lipinski definition) is 6. The number of nitrogens with zero attached hydrogens (tertiary/aromatic N) is 4. The molecule has 1 saturated heterocycles. The number of halogens is 1. The van der Waals surface area contributed by atoms with Crippen LogP contribution in [0.1, 0.15) is 5.56 Å². The maximum absolute atomic E-state index is 13.6. The first-order chi connectivity index (χ1) is 15.1. The van der Waals surface area contributed by atoms with Crippen molar-refractivity contribution in [1.82, 2.24) is 9.97 Å². The average molecular weight is 438 g/mol. The molecular formula is C23H24FN5OS. The van der Waals surface area contributed by atoms with Gasteiger partial charge in [-0.1, -0.05) is 36.0 Å². The fourth-order valence-corrected chi connectivity index (χ4v) is 4.08. The summed E-state index contributed by atoms with van der Waals surface area (Å²) in [5.74, 6) is 0.516. The van der Waals surface area contributed by atoms with Crippen molar-refractivity contribution in [2.45, 2.75) is 11.9 Å². The van der Waals surface area contributed by atoms with Gasteiger partial charge in [-0.3, -0.25) is 4.79 Å². The normalized spacial score (nSPS) is 13.9. The van der Waals surface area contributed by atoms with Crippen molar-refractivity contribution < 1.29 is 9.18 Å². The predicted molar refractivity (Wildman–Crippen MR) is 123 cm³/mol. The molecule has 31 heavy (non-hydrogen) atoms. The maximum atomic E-state index is 13.6. The van der Waals surface area contributed by atoms with Crippen LogP contribution >= 0.6 is 11.8 Å². The van der Waals surface area contributed by atoms with Crippen molar-refractivity contribution in [3.63, 3.8) is 0 Å². The summed E-state index contributed by atoms with van der Waals surface area (Å²) in [4.78, 5) is 25.5. The van der Waals surface area contributed by atoms with Gasteiger partial charge in [-0.2, -0.15) is 0 Å². The molecule has 160 valence electrons. The largest absolute Gasteiger partial charge is 0.368 e. The average Bonchev–Trinajstić information content (AvgIpc) is 2.81. The summed E-state index contributed by atoms with van der Waals surface area (Å²) in [5.41, 5.74) is 2.24. The Labute approximate surface area is 185 Å². The third-order valence-corrected chi connectivity index (χ3v) is 6.08. The van der Waals surface area contributed by atoms with Gasteiger partial charge in [0.25, 0.3) is 0 Å². The molecule has 4 rings (SSSR count). The van der Waals surface area contributed by atoms with Crippen LogP contribution in [-0.2, 0) is 4.79 Å². The molecule has 0 saturated carbocycles. The number of para-hydroxylation sites is 1.